The molecule has 2 aromatic carbocycles. The van der Waals surface area contributed by atoms with E-state index in [-0.39, 0.29) is 24.2 Å². The van der Waals surface area contributed by atoms with Crippen LogP contribution in [-0.2, 0) is 10.0 Å². The van der Waals surface area contributed by atoms with E-state index in [1.165, 1.54) is 30.3 Å². The van der Waals surface area contributed by atoms with E-state index in [0.29, 0.717) is 11.1 Å². The zero-order valence-electron chi connectivity index (χ0n) is 13.8. The lowest BCUT2D eigenvalue weighted by Crippen LogP contribution is -2.34. The molecule has 0 spiro atoms. The van der Waals surface area contributed by atoms with Crippen molar-refractivity contribution in [3.63, 3.8) is 0 Å². The standard InChI is InChI=1S/C17H18F2N2O3S/c1-11-9-13(18)4-6-14(11)15-5-3-12(10-16(15)19)17(22)20-7-8-21-25(2,23)24/h3-6,9-10,21H,7-8H2,1-2H3,(H,20,22). The molecule has 134 valence electrons. The molecule has 2 aromatic rings. The fourth-order valence-corrected chi connectivity index (χ4v) is 2.79. The second kappa shape index (κ2) is 7.71. The van der Waals surface area contributed by atoms with Crippen molar-refractivity contribution in [2.24, 2.45) is 0 Å². The molecule has 0 unspecified atom stereocenters. The van der Waals surface area contributed by atoms with E-state index in [2.05, 4.69) is 10.0 Å². The molecule has 0 aliphatic heterocycles. The molecule has 2 N–H and O–H groups in total. The maximum absolute atomic E-state index is 14.4. The molecular formula is C17H18F2N2O3S. The van der Waals surface area contributed by atoms with Gasteiger partial charge in [0.05, 0.1) is 6.26 Å². The highest BCUT2D eigenvalue weighted by atomic mass is 32.2. The molecule has 0 saturated carbocycles. The lowest BCUT2D eigenvalue weighted by molar-refractivity contribution is 0.0954. The summed E-state index contributed by atoms with van der Waals surface area (Å²) in [5.74, 6) is -1.52. The zero-order valence-corrected chi connectivity index (χ0v) is 14.6. The Bertz CT molecular complexity index is 899. The van der Waals surface area contributed by atoms with E-state index in [1.54, 1.807) is 6.92 Å². The van der Waals surface area contributed by atoms with Gasteiger partial charge in [0.2, 0.25) is 10.0 Å². The summed E-state index contributed by atoms with van der Waals surface area (Å²) in [4.78, 5) is 12.0. The minimum atomic E-state index is -3.32. The summed E-state index contributed by atoms with van der Waals surface area (Å²) in [7, 11) is -3.32. The van der Waals surface area contributed by atoms with Crippen LogP contribution in [0.15, 0.2) is 36.4 Å². The molecule has 25 heavy (non-hydrogen) atoms. The molecule has 0 aliphatic rings. The molecule has 0 fully saturated rings. The molecule has 0 aromatic heterocycles. The number of halogens is 2. The Balaban J connectivity index is 2.09. The third-order valence-corrected chi connectivity index (χ3v) is 4.21. The van der Waals surface area contributed by atoms with Gasteiger partial charge < -0.3 is 5.32 Å². The van der Waals surface area contributed by atoms with E-state index in [4.69, 9.17) is 0 Å². The van der Waals surface area contributed by atoms with E-state index in [0.717, 1.165) is 12.3 Å². The van der Waals surface area contributed by atoms with Gasteiger partial charge in [-0.1, -0.05) is 12.1 Å². The second-order valence-electron chi connectivity index (χ2n) is 5.58. The van der Waals surface area contributed by atoms with Crippen LogP contribution in [0, 0.1) is 18.6 Å². The number of carbonyl (C=O) groups is 1. The van der Waals surface area contributed by atoms with Gasteiger partial charge in [-0.05, 0) is 42.3 Å². The summed E-state index contributed by atoms with van der Waals surface area (Å²) in [5.41, 5.74) is 1.51. The van der Waals surface area contributed by atoms with Crippen LogP contribution >= 0.6 is 0 Å². The third-order valence-electron chi connectivity index (χ3n) is 3.48. The summed E-state index contributed by atoms with van der Waals surface area (Å²) in [6, 6.07) is 8.05. The number of hydrogen-bond donors (Lipinski definition) is 2. The summed E-state index contributed by atoms with van der Waals surface area (Å²) in [5, 5.41) is 2.49. The van der Waals surface area contributed by atoms with Crippen molar-refractivity contribution in [3.05, 3.63) is 59.2 Å². The lowest BCUT2D eigenvalue weighted by atomic mass is 9.98. The highest BCUT2D eigenvalue weighted by Gasteiger charge is 2.13. The predicted octanol–water partition coefficient (Wildman–Crippen LogP) is 2.22. The Morgan fingerprint density at radius 3 is 2.32 bits per heavy atom. The molecule has 0 atom stereocenters. The smallest absolute Gasteiger partial charge is 0.251 e. The quantitative estimate of drug-likeness (QED) is 0.768. The van der Waals surface area contributed by atoms with Crippen molar-refractivity contribution < 1.29 is 22.0 Å². The van der Waals surface area contributed by atoms with E-state index in [1.807, 2.05) is 0 Å². The maximum Gasteiger partial charge on any atom is 0.251 e. The Morgan fingerprint density at radius 1 is 1.04 bits per heavy atom. The van der Waals surface area contributed by atoms with Gasteiger partial charge in [0, 0.05) is 24.2 Å². The van der Waals surface area contributed by atoms with Gasteiger partial charge in [-0.15, -0.1) is 0 Å². The summed E-state index contributed by atoms with van der Waals surface area (Å²) >= 11 is 0. The molecule has 0 heterocycles. The van der Waals surface area contributed by atoms with E-state index in [9.17, 15) is 22.0 Å². The number of aryl methyl sites for hydroxylation is 1. The predicted molar refractivity (Wildman–Crippen MR) is 91.7 cm³/mol. The SMILES string of the molecule is Cc1cc(F)ccc1-c1ccc(C(=O)NCCNS(C)(=O)=O)cc1F. The van der Waals surface area contributed by atoms with Crippen LogP contribution < -0.4 is 10.0 Å². The number of hydrogen-bond acceptors (Lipinski definition) is 3. The molecule has 5 nitrogen and oxygen atoms in total. The Labute approximate surface area is 145 Å². The van der Waals surface area contributed by atoms with Gasteiger partial charge in [0.25, 0.3) is 5.91 Å². The molecular weight excluding hydrogens is 350 g/mol. The van der Waals surface area contributed by atoms with Crippen molar-refractivity contribution in [1.29, 1.82) is 0 Å². The summed E-state index contributed by atoms with van der Waals surface area (Å²) < 4.78 is 51.6. The molecule has 0 bridgehead atoms. The molecule has 8 heteroatoms. The van der Waals surface area contributed by atoms with E-state index >= 15 is 0 Å². The van der Waals surface area contributed by atoms with Gasteiger partial charge in [-0.2, -0.15) is 0 Å². The van der Waals surface area contributed by atoms with Crippen molar-refractivity contribution in [2.45, 2.75) is 6.92 Å². The van der Waals surface area contributed by atoms with Crippen LogP contribution in [0.3, 0.4) is 0 Å². The fourth-order valence-electron chi connectivity index (χ4n) is 2.32. The lowest BCUT2D eigenvalue weighted by Gasteiger charge is -2.10. The summed E-state index contributed by atoms with van der Waals surface area (Å²) in [6.07, 6.45) is 1.01. The van der Waals surface area contributed by atoms with Crippen molar-refractivity contribution in [2.75, 3.05) is 19.3 Å². The first-order valence-corrected chi connectivity index (χ1v) is 9.35. The van der Waals surface area contributed by atoms with Gasteiger partial charge >= 0.3 is 0 Å². The average molecular weight is 368 g/mol. The van der Waals surface area contributed by atoms with Gasteiger partial charge in [0.15, 0.2) is 0 Å². The van der Waals surface area contributed by atoms with Crippen molar-refractivity contribution >= 4 is 15.9 Å². The van der Waals surface area contributed by atoms with Crippen LogP contribution in [0.1, 0.15) is 15.9 Å². The van der Waals surface area contributed by atoms with Crippen LogP contribution in [-0.4, -0.2) is 33.7 Å². The first kappa shape index (κ1) is 19.0. The van der Waals surface area contributed by atoms with E-state index < -0.39 is 27.6 Å². The first-order valence-electron chi connectivity index (χ1n) is 7.46. The normalized spacial score (nSPS) is 11.4. The Hall–Kier alpha value is -2.32. The highest BCUT2D eigenvalue weighted by Crippen LogP contribution is 2.27. The Kier molecular flexibility index (Phi) is 5.86. The average Bonchev–Trinajstić information content (AvgIpc) is 2.51. The monoisotopic (exact) mass is 368 g/mol. The number of carbonyl (C=O) groups excluding carboxylic acids is 1. The molecule has 2 rings (SSSR count). The van der Waals surface area contributed by atoms with Crippen LogP contribution in [0.4, 0.5) is 8.78 Å². The van der Waals surface area contributed by atoms with Crippen molar-refractivity contribution in [1.82, 2.24) is 10.0 Å². The van der Waals surface area contributed by atoms with Gasteiger partial charge in [0.1, 0.15) is 11.6 Å². The largest absolute Gasteiger partial charge is 0.351 e. The maximum atomic E-state index is 14.4. The van der Waals surface area contributed by atoms with Crippen LogP contribution in [0.2, 0.25) is 0 Å². The highest BCUT2D eigenvalue weighted by molar-refractivity contribution is 7.88. The first-order chi connectivity index (χ1) is 11.7. The van der Waals surface area contributed by atoms with Gasteiger partial charge in [-0.3, -0.25) is 4.79 Å². The molecule has 0 radical (unpaired) electrons. The number of amides is 1. The topological polar surface area (TPSA) is 75.3 Å². The number of benzene rings is 2. The number of rotatable bonds is 6. The fraction of sp³-hybridized carbons (Fsp3) is 0.235. The molecule has 1 amide bonds. The minimum Gasteiger partial charge on any atom is -0.351 e. The van der Waals surface area contributed by atoms with Crippen molar-refractivity contribution in [3.8, 4) is 11.1 Å². The molecule has 0 saturated heterocycles. The van der Waals surface area contributed by atoms with Crippen LogP contribution in [0.25, 0.3) is 11.1 Å². The third kappa shape index (κ3) is 5.33. The molecule has 0 aliphatic carbocycles. The number of sulfonamides is 1. The zero-order chi connectivity index (χ0) is 18.6. The number of nitrogens with one attached hydrogen (secondary N) is 2. The summed E-state index contributed by atoms with van der Waals surface area (Å²) in [6.45, 7) is 1.79. The van der Waals surface area contributed by atoms with Crippen LogP contribution in [0.5, 0.6) is 0 Å². The second-order valence-corrected chi connectivity index (χ2v) is 7.41. The Morgan fingerprint density at radius 2 is 1.72 bits per heavy atom. The van der Waals surface area contributed by atoms with Gasteiger partial charge in [-0.25, -0.2) is 21.9 Å². The minimum absolute atomic E-state index is 0.0416.